The van der Waals surface area contributed by atoms with E-state index in [9.17, 15) is 77.3 Å². The Hall–Kier alpha value is -9.05. The number of primary amides is 1. The van der Waals surface area contributed by atoms with Gasteiger partial charge < -0.3 is 90.9 Å². The highest BCUT2D eigenvalue weighted by molar-refractivity contribution is 8.15. The number of hydrogen-bond acceptors (Lipinski definition) is 19. The smallest absolute Gasteiger partial charge is 0.305 e. The van der Waals surface area contributed by atoms with E-state index >= 15 is 0 Å². The lowest BCUT2D eigenvalue weighted by Crippen LogP contribution is -2.62. The maximum Gasteiger partial charge on any atom is 0.305 e. The lowest BCUT2D eigenvalue weighted by Gasteiger charge is -2.30. The van der Waals surface area contributed by atoms with Crippen molar-refractivity contribution >= 4 is 99.6 Å². The highest BCUT2D eigenvalue weighted by Gasteiger charge is 2.40. The van der Waals surface area contributed by atoms with Gasteiger partial charge in [0, 0.05) is 37.7 Å². The van der Waals surface area contributed by atoms with Crippen LogP contribution in [-0.2, 0) is 80.0 Å². The van der Waals surface area contributed by atoms with Gasteiger partial charge in [-0.25, -0.2) is 4.98 Å². The van der Waals surface area contributed by atoms with Gasteiger partial charge in [0.2, 0.25) is 70.9 Å². The number of aliphatic imine (C=N–C) groups is 1. The lowest BCUT2D eigenvalue weighted by atomic mass is 9.96. The molecule has 14 unspecified atom stereocenters. The van der Waals surface area contributed by atoms with Crippen LogP contribution >= 0.6 is 11.8 Å². The van der Waals surface area contributed by atoms with E-state index in [2.05, 4.69) is 73.4 Å². The van der Waals surface area contributed by atoms with Gasteiger partial charge in [0.05, 0.1) is 36.8 Å². The molecule has 33 nitrogen and oxygen atoms in total. The normalized spacial score (nSPS) is 23.0. The fourth-order valence-electron chi connectivity index (χ4n) is 10.6. The molecule has 2 aromatic rings. The van der Waals surface area contributed by atoms with Crippen LogP contribution in [0, 0.1) is 23.7 Å². The van der Waals surface area contributed by atoms with Gasteiger partial charge in [-0.15, -0.1) is 0 Å². The van der Waals surface area contributed by atoms with Gasteiger partial charge in [-0.3, -0.25) is 72.1 Å². The van der Waals surface area contributed by atoms with Crippen molar-refractivity contribution in [1.29, 1.82) is 0 Å². The first-order valence-corrected chi connectivity index (χ1v) is 34.4. The number of aliphatic carboxylic acids is 2. The molecule has 20 N–H and O–H groups in total. The van der Waals surface area contributed by atoms with Crippen LogP contribution in [0.3, 0.4) is 0 Å². The maximum absolute atomic E-state index is 14.9. The van der Waals surface area contributed by atoms with Crippen molar-refractivity contribution in [3.8, 4) is 0 Å². The number of amides is 12. The molecular weight excluding hydrogens is 1310 g/mol. The number of aromatic amines is 1. The van der Waals surface area contributed by atoms with Crippen LogP contribution < -0.4 is 75.7 Å². The number of carbonyl (C=O) groups is 14. The third kappa shape index (κ3) is 27.7. The summed E-state index contributed by atoms with van der Waals surface area (Å²) in [5.41, 5.74) is 18.6. The predicted molar refractivity (Wildman–Crippen MR) is 365 cm³/mol. The Kier molecular flexibility index (Phi) is 34.4. The van der Waals surface area contributed by atoms with E-state index in [1.54, 1.807) is 58.0 Å². The van der Waals surface area contributed by atoms with E-state index in [0.717, 1.165) is 0 Å². The number of H-pyrrole nitrogens is 1. The summed E-state index contributed by atoms with van der Waals surface area (Å²) in [6.45, 7) is 14.1. The van der Waals surface area contributed by atoms with Crippen LogP contribution in [0.2, 0.25) is 0 Å². The number of thioether (sulfide) groups is 1. The van der Waals surface area contributed by atoms with Crippen molar-refractivity contribution in [3.63, 3.8) is 0 Å². The highest BCUT2D eigenvalue weighted by atomic mass is 32.2. The zero-order valence-electron chi connectivity index (χ0n) is 57.4. The number of carboxylic acid groups (broad SMARTS) is 2. The second-order valence-electron chi connectivity index (χ2n) is 25.8. The number of aromatic nitrogens is 2. The molecular formula is C65H101N17O16S. The van der Waals surface area contributed by atoms with Gasteiger partial charge in [0.25, 0.3) is 0 Å². The van der Waals surface area contributed by atoms with Crippen molar-refractivity contribution in [1.82, 2.24) is 68.5 Å². The number of imidazole rings is 1. The summed E-state index contributed by atoms with van der Waals surface area (Å²) in [7, 11) is 0. The molecule has 2 aliphatic heterocycles. The number of hydrogen-bond donors (Lipinski definition) is 17. The average molecular weight is 1410 g/mol. The van der Waals surface area contributed by atoms with Crippen LogP contribution in [0.1, 0.15) is 144 Å². The fourth-order valence-corrected chi connectivity index (χ4v) is 11.8. The van der Waals surface area contributed by atoms with Crippen LogP contribution in [0.25, 0.3) is 0 Å². The summed E-state index contributed by atoms with van der Waals surface area (Å²) in [6, 6.07) is -7.46. The molecule has 0 spiro atoms. The molecule has 548 valence electrons. The SMILES string of the molecule is CCC(C)C(NC(=O)C(CCC(=O)O)NC(=O)C(CC(C)C)NC(=O)C1CN=C(C(N)C(C)C)S1)C(=O)NC1CCCCNC(=O)C(CC(N)=O)NC(=O)C(CC(=O)O)NC(=O)C(Cc2cnc[nH]2)NC(=O)C(Cc2ccccc2)NC(=O)C(C(C)CC)NC(=O)C(CCCN)NC1=O. The second-order valence-corrected chi connectivity index (χ2v) is 27.0. The van der Waals surface area contributed by atoms with Crippen molar-refractivity contribution in [2.24, 2.45) is 45.9 Å². The monoisotopic (exact) mass is 1410 g/mol. The molecule has 0 aliphatic carbocycles. The van der Waals surface area contributed by atoms with Crippen LogP contribution in [-0.4, -0.2) is 199 Å². The molecule has 0 saturated carbocycles. The zero-order chi connectivity index (χ0) is 73.6. The molecule has 34 heteroatoms. The molecule has 0 bridgehead atoms. The Bertz CT molecular complexity index is 3140. The van der Waals surface area contributed by atoms with Crippen molar-refractivity contribution in [2.45, 2.75) is 217 Å². The number of nitrogens with two attached hydrogens (primary N) is 3. The van der Waals surface area contributed by atoms with Crippen LogP contribution in [0.4, 0.5) is 0 Å². The van der Waals surface area contributed by atoms with E-state index in [0.29, 0.717) is 16.3 Å². The molecule has 1 aromatic heterocycles. The van der Waals surface area contributed by atoms with Gasteiger partial charge in [-0.1, -0.05) is 110 Å². The van der Waals surface area contributed by atoms with Gasteiger partial charge >= 0.3 is 11.9 Å². The minimum Gasteiger partial charge on any atom is -0.481 e. The minimum absolute atomic E-state index is 0.00158. The minimum atomic E-state index is -1.94. The number of nitrogens with zero attached hydrogens (tertiary/aromatic N) is 2. The largest absolute Gasteiger partial charge is 0.481 e. The Morgan fingerprint density at radius 2 is 1.28 bits per heavy atom. The summed E-state index contributed by atoms with van der Waals surface area (Å²) in [6.07, 6.45) is -0.396. The summed E-state index contributed by atoms with van der Waals surface area (Å²) in [5.74, 6) is -15.7. The molecule has 1 aromatic carbocycles. The number of benzene rings is 1. The Morgan fingerprint density at radius 3 is 1.87 bits per heavy atom. The number of carboxylic acids is 2. The van der Waals surface area contributed by atoms with E-state index in [-0.39, 0.29) is 95.7 Å². The maximum atomic E-state index is 14.9. The van der Waals surface area contributed by atoms with E-state index in [1.807, 2.05) is 27.7 Å². The topological polar surface area (TPSA) is 531 Å². The quantitative estimate of drug-likeness (QED) is 0.0400. The van der Waals surface area contributed by atoms with Gasteiger partial charge in [0.15, 0.2) is 0 Å². The fraction of sp³-hybridized carbons (Fsp3) is 0.631. The molecule has 3 heterocycles. The van der Waals surface area contributed by atoms with Crippen molar-refractivity contribution in [2.75, 3.05) is 19.6 Å². The molecule has 4 rings (SSSR count). The van der Waals surface area contributed by atoms with Crippen LogP contribution in [0.5, 0.6) is 0 Å². The lowest BCUT2D eigenvalue weighted by molar-refractivity contribution is -0.142. The number of nitrogens with one attached hydrogen (secondary N) is 12. The second kappa shape index (κ2) is 41.4. The van der Waals surface area contributed by atoms with E-state index < -0.39 is 192 Å². The summed E-state index contributed by atoms with van der Waals surface area (Å²) >= 11 is 1.19. The Morgan fingerprint density at radius 1 is 0.677 bits per heavy atom. The van der Waals surface area contributed by atoms with E-state index in [4.69, 9.17) is 17.2 Å². The molecule has 12 amide bonds. The predicted octanol–water partition coefficient (Wildman–Crippen LogP) is -2.07. The summed E-state index contributed by atoms with van der Waals surface area (Å²) in [4.78, 5) is 206. The van der Waals surface area contributed by atoms with Gasteiger partial charge in [0.1, 0.15) is 65.7 Å². The third-order valence-electron chi connectivity index (χ3n) is 16.9. The number of carbonyl (C=O) groups excluding carboxylic acids is 12. The molecule has 99 heavy (non-hydrogen) atoms. The van der Waals surface area contributed by atoms with E-state index in [1.165, 1.54) is 24.3 Å². The highest BCUT2D eigenvalue weighted by Crippen LogP contribution is 2.26. The third-order valence-corrected chi connectivity index (χ3v) is 18.2. The van der Waals surface area contributed by atoms with Crippen molar-refractivity contribution < 1.29 is 77.3 Å². The summed E-state index contributed by atoms with van der Waals surface area (Å²) in [5, 5.41) is 48.3. The standard InChI is InChI=1S/C65H101N17O16S/c1-9-35(7)52(82-57(91)41(21-22-49(84)85)74-58(92)42(25-33(3)4)79-62(96)47-31-71-65(99-47)51(68)34(5)6)63(97)75-39-19-14-15-24-70-54(88)45(28-48(67)83)77-61(95)46(29-50(86)87)78-60(94)44(27-38-30-69-32-72-38)76-59(93)43(26-37-17-12-11-13-18-37)80-64(98)53(36(8)10-2)81-56(90)40(20-16-23-66)73-55(39)89/h11-13,17-18,30,32-36,39-47,51-53H,9-10,14-16,19-29,31,66,68H2,1-8H3,(H2,67,83)(H,69,72)(H,70,88)(H,73,89)(H,74,92)(H,75,97)(H,76,93)(H,77,95)(H,78,94)(H,79,96)(H,80,98)(H,81,90)(H,82,91)(H,84,85)(H,86,87). The van der Waals surface area contributed by atoms with Gasteiger partial charge in [-0.05, 0) is 80.7 Å². The Balaban J connectivity index is 1.77. The first kappa shape index (κ1) is 82.4. The van der Waals surface area contributed by atoms with Gasteiger partial charge in [-0.2, -0.15) is 0 Å². The first-order valence-electron chi connectivity index (χ1n) is 33.6. The molecule has 0 radical (unpaired) electrons. The van der Waals surface area contributed by atoms with Crippen LogP contribution in [0.15, 0.2) is 47.8 Å². The zero-order valence-corrected chi connectivity index (χ0v) is 58.3. The molecule has 1 fully saturated rings. The molecule has 14 atom stereocenters. The average Bonchev–Trinajstić information content (AvgIpc) is 1.82. The Labute approximate surface area is 579 Å². The molecule has 1 saturated heterocycles. The molecule has 2 aliphatic rings. The van der Waals surface area contributed by atoms with Crippen molar-refractivity contribution in [3.05, 3.63) is 54.1 Å². The summed E-state index contributed by atoms with van der Waals surface area (Å²) < 4.78 is 0. The number of rotatable bonds is 30. The first-order chi connectivity index (χ1) is 46.8.